The molecule has 2 aromatic rings. The van der Waals surface area contributed by atoms with E-state index in [2.05, 4.69) is 34.9 Å². The number of benzene rings is 2. The number of carboxylic acids is 1. The molecule has 6 nitrogen and oxygen atoms in total. The van der Waals surface area contributed by atoms with Crippen molar-refractivity contribution in [3.05, 3.63) is 59.7 Å². The largest absolute Gasteiger partial charge is 0.480 e. The number of carbonyl (C=O) groups excluding carboxylic acids is 1. The molecule has 1 amide bonds. The molecule has 0 aliphatic heterocycles. The highest BCUT2D eigenvalue weighted by atomic mass is 16.5. The van der Waals surface area contributed by atoms with E-state index in [4.69, 9.17) is 9.84 Å². The highest BCUT2D eigenvalue weighted by Crippen LogP contribution is 2.44. The number of hydrogen-bond donors (Lipinski definition) is 3. The van der Waals surface area contributed by atoms with E-state index in [1.807, 2.05) is 38.1 Å². The van der Waals surface area contributed by atoms with Crippen LogP contribution in [0.15, 0.2) is 48.5 Å². The van der Waals surface area contributed by atoms with Crippen molar-refractivity contribution in [2.24, 2.45) is 5.92 Å². The SMILES string of the molecule is CC(C)C(CN[C@@H](C)C(=O)O)NC(=O)OCC1c2ccccc2-c2ccccc21. The van der Waals surface area contributed by atoms with Crippen molar-refractivity contribution in [2.45, 2.75) is 38.8 Å². The van der Waals surface area contributed by atoms with Crippen LogP contribution in [-0.4, -0.2) is 42.4 Å². The lowest BCUT2D eigenvalue weighted by molar-refractivity contribution is -0.139. The fraction of sp³-hybridized carbons (Fsp3) is 0.391. The summed E-state index contributed by atoms with van der Waals surface area (Å²) in [5, 5.41) is 14.8. The number of carbonyl (C=O) groups is 2. The monoisotopic (exact) mass is 396 g/mol. The summed E-state index contributed by atoms with van der Waals surface area (Å²) >= 11 is 0. The number of fused-ring (bicyclic) bond motifs is 3. The van der Waals surface area contributed by atoms with Gasteiger partial charge in [-0.1, -0.05) is 62.4 Å². The van der Waals surface area contributed by atoms with E-state index in [1.165, 1.54) is 22.3 Å². The van der Waals surface area contributed by atoms with Crippen LogP contribution in [0.2, 0.25) is 0 Å². The molecule has 2 aromatic carbocycles. The zero-order chi connectivity index (χ0) is 21.0. The zero-order valence-electron chi connectivity index (χ0n) is 17.0. The lowest BCUT2D eigenvalue weighted by atomic mass is 9.98. The second-order valence-corrected chi connectivity index (χ2v) is 7.79. The van der Waals surface area contributed by atoms with Gasteiger partial charge in [0.15, 0.2) is 0 Å². The van der Waals surface area contributed by atoms with Gasteiger partial charge in [-0.25, -0.2) is 4.79 Å². The molecule has 3 rings (SSSR count). The zero-order valence-corrected chi connectivity index (χ0v) is 17.0. The van der Waals surface area contributed by atoms with Crippen LogP contribution >= 0.6 is 0 Å². The first-order valence-electron chi connectivity index (χ1n) is 9.96. The molecule has 0 heterocycles. The van der Waals surface area contributed by atoms with Crippen LogP contribution in [0.4, 0.5) is 4.79 Å². The Morgan fingerprint density at radius 3 is 2.07 bits per heavy atom. The summed E-state index contributed by atoms with van der Waals surface area (Å²) in [7, 11) is 0. The van der Waals surface area contributed by atoms with Gasteiger partial charge < -0.3 is 20.5 Å². The maximum atomic E-state index is 12.4. The Bertz CT molecular complexity index is 835. The number of rotatable bonds is 8. The van der Waals surface area contributed by atoms with Crippen LogP contribution < -0.4 is 10.6 Å². The van der Waals surface area contributed by atoms with Crippen LogP contribution in [0, 0.1) is 5.92 Å². The number of hydrogen-bond acceptors (Lipinski definition) is 4. The first-order valence-corrected chi connectivity index (χ1v) is 9.96. The maximum Gasteiger partial charge on any atom is 0.407 e. The van der Waals surface area contributed by atoms with Crippen molar-refractivity contribution in [1.29, 1.82) is 0 Å². The topological polar surface area (TPSA) is 87.7 Å². The second kappa shape index (κ2) is 9.09. The minimum Gasteiger partial charge on any atom is -0.480 e. The summed E-state index contributed by atoms with van der Waals surface area (Å²) in [6, 6.07) is 15.5. The van der Waals surface area contributed by atoms with Crippen LogP contribution in [0.1, 0.15) is 37.8 Å². The number of alkyl carbamates (subject to hydrolysis) is 1. The quantitative estimate of drug-likeness (QED) is 0.634. The normalized spacial score (nSPS) is 14.8. The van der Waals surface area contributed by atoms with Gasteiger partial charge in [0, 0.05) is 18.5 Å². The third-order valence-electron chi connectivity index (χ3n) is 5.47. The third kappa shape index (κ3) is 4.77. The van der Waals surface area contributed by atoms with Crippen molar-refractivity contribution in [2.75, 3.05) is 13.2 Å². The molecule has 3 N–H and O–H groups in total. The van der Waals surface area contributed by atoms with Crippen molar-refractivity contribution in [3.8, 4) is 11.1 Å². The highest BCUT2D eigenvalue weighted by molar-refractivity contribution is 5.79. The summed E-state index contributed by atoms with van der Waals surface area (Å²) in [5.41, 5.74) is 4.70. The first kappa shape index (κ1) is 20.9. The second-order valence-electron chi connectivity index (χ2n) is 7.79. The maximum absolute atomic E-state index is 12.4. The smallest absolute Gasteiger partial charge is 0.407 e. The number of amides is 1. The van der Waals surface area contributed by atoms with Crippen LogP contribution in [-0.2, 0) is 9.53 Å². The Morgan fingerprint density at radius 1 is 1.00 bits per heavy atom. The number of ether oxygens (including phenoxy) is 1. The van der Waals surface area contributed by atoms with E-state index >= 15 is 0 Å². The number of carboxylic acid groups (broad SMARTS) is 1. The minimum atomic E-state index is -0.923. The van der Waals surface area contributed by atoms with Crippen molar-refractivity contribution in [1.82, 2.24) is 10.6 Å². The van der Waals surface area contributed by atoms with Gasteiger partial charge in [-0.3, -0.25) is 4.79 Å². The van der Waals surface area contributed by atoms with Crippen molar-refractivity contribution < 1.29 is 19.4 Å². The summed E-state index contributed by atoms with van der Waals surface area (Å²) < 4.78 is 5.58. The van der Waals surface area contributed by atoms with E-state index in [0.29, 0.717) is 6.54 Å². The Morgan fingerprint density at radius 2 is 1.55 bits per heavy atom. The molecule has 29 heavy (non-hydrogen) atoms. The summed E-state index contributed by atoms with van der Waals surface area (Å²) in [6.45, 7) is 6.13. The van der Waals surface area contributed by atoms with Crippen LogP contribution in [0.5, 0.6) is 0 Å². The Balaban J connectivity index is 1.62. The van der Waals surface area contributed by atoms with Gasteiger partial charge >= 0.3 is 12.1 Å². The lowest BCUT2D eigenvalue weighted by Gasteiger charge is -2.24. The summed E-state index contributed by atoms with van der Waals surface area (Å²) in [5.74, 6) is -0.784. The summed E-state index contributed by atoms with van der Waals surface area (Å²) in [4.78, 5) is 23.4. The molecule has 2 atom stereocenters. The number of nitrogens with one attached hydrogen (secondary N) is 2. The molecule has 1 aliphatic carbocycles. The molecule has 0 aromatic heterocycles. The molecular formula is C23H28N2O4. The Kier molecular flexibility index (Phi) is 6.54. The van der Waals surface area contributed by atoms with E-state index in [0.717, 1.165) is 0 Å². The van der Waals surface area contributed by atoms with E-state index in [9.17, 15) is 9.59 Å². The first-order chi connectivity index (χ1) is 13.9. The van der Waals surface area contributed by atoms with Gasteiger partial charge in [-0.05, 0) is 35.1 Å². The molecule has 0 bridgehead atoms. The van der Waals surface area contributed by atoms with Crippen molar-refractivity contribution >= 4 is 12.1 Å². The molecule has 1 aliphatic rings. The number of aliphatic carboxylic acids is 1. The van der Waals surface area contributed by atoms with Crippen molar-refractivity contribution in [3.63, 3.8) is 0 Å². The standard InChI is InChI=1S/C23H28N2O4/c1-14(2)21(12-24-15(3)22(26)27)25-23(28)29-13-20-18-10-6-4-8-16(18)17-9-5-7-11-19(17)20/h4-11,14-15,20-21,24H,12-13H2,1-3H3,(H,25,28)(H,26,27)/t15-,21?/m0/s1. The average molecular weight is 396 g/mol. The van der Waals surface area contributed by atoms with E-state index in [-0.39, 0.29) is 24.5 Å². The average Bonchev–Trinajstić information content (AvgIpc) is 3.03. The molecule has 154 valence electrons. The van der Waals surface area contributed by atoms with Gasteiger partial charge in [0.05, 0.1) is 0 Å². The molecule has 6 heteroatoms. The highest BCUT2D eigenvalue weighted by Gasteiger charge is 2.29. The fourth-order valence-corrected chi connectivity index (χ4v) is 3.64. The molecular weight excluding hydrogens is 368 g/mol. The Hall–Kier alpha value is -2.86. The predicted molar refractivity (Wildman–Crippen MR) is 112 cm³/mol. The van der Waals surface area contributed by atoms with E-state index < -0.39 is 18.1 Å². The molecule has 0 saturated carbocycles. The van der Waals surface area contributed by atoms with Crippen LogP contribution in [0.25, 0.3) is 11.1 Å². The van der Waals surface area contributed by atoms with Gasteiger partial charge in [0.1, 0.15) is 12.6 Å². The molecule has 0 radical (unpaired) electrons. The van der Waals surface area contributed by atoms with E-state index in [1.54, 1.807) is 6.92 Å². The lowest BCUT2D eigenvalue weighted by Crippen LogP contribution is -2.48. The molecule has 0 saturated heterocycles. The predicted octanol–water partition coefficient (Wildman–Crippen LogP) is 3.61. The fourth-order valence-electron chi connectivity index (χ4n) is 3.64. The minimum absolute atomic E-state index is 0.0100. The molecule has 0 fully saturated rings. The Labute approximate surface area is 171 Å². The van der Waals surface area contributed by atoms with Gasteiger partial charge in [0.2, 0.25) is 0 Å². The van der Waals surface area contributed by atoms with Crippen LogP contribution in [0.3, 0.4) is 0 Å². The third-order valence-corrected chi connectivity index (χ3v) is 5.47. The molecule has 0 spiro atoms. The van der Waals surface area contributed by atoms with Gasteiger partial charge in [0.25, 0.3) is 0 Å². The molecule has 1 unspecified atom stereocenters. The van der Waals surface area contributed by atoms with Gasteiger partial charge in [-0.2, -0.15) is 0 Å². The van der Waals surface area contributed by atoms with Gasteiger partial charge in [-0.15, -0.1) is 0 Å². The summed E-state index contributed by atoms with van der Waals surface area (Å²) in [6.07, 6.45) is -0.490.